The highest BCUT2D eigenvalue weighted by molar-refractivity contribution is 7.99. The fourth-order valence-corrected chi connectivity index (χ4v) is 3.65. The van der Waals surface area contributed by atoms with E-state index in [4.69, 9.17) is 0 Å². The van der Waals surface area contributed by atoms with Crippen molar-refractivity contribution >= 4 is 34.4 Å². The van der Waals surface area contributed by atoms with E-state index >= 15 is 0 Å². The summed E-state index contributed by atoms with van der Waals surface area (Å²) in [6.45, 7) is 0.978. The molecule has 0 spiro atoms. The molecule has 0 radical (unpaired) electrons. The topological polar surface area (TPSA) is 56.1 Å². The van der Waals surface area contributed by atoms with Crippen molar-refractivity contribution in [3.05, 3.63) is 60.2 Å². The molecule has 0 unspecified atom stereocenters. The highest BCUT2D eigenvalue weighted by Gasteiger charge is 2.06. The van der Waals surface area contributed by atoms with Gasteiger partial charge in [0.05, 0.1) is 0 Å². The van der Waals surface area contributed by atoms with Crippen LogP contribution in [0.1, 0.15) is 5.56 Å². The van der Waals surface area contributed by atoms with E-state index in [9.17, 15) is 10.2 Å². The van der Waals surface area contributed by atoms with Crippen LogP contribution in [-0.4, -0.2) is 47.7 Å². The molecule has 0 aliphatic rings. The highest BCUT2D eigenvalue weighted by atomic mass is 32.2. The smallest absolute Gasteiger partial charge is 0.142 e. The van der Waals surface area contributed by atoms with Crippen LogP contribution in [-0.2, 0) is 0 Å². The van der Waals surface area contributed by atoms with Gasteiger partial charge in [-0.1, -0.05) is 30.3 Å². The lowest BCUT2D eigenvalue weighted by atomic mass is 10.0. The monoisotopic (exact) mass is 366 g/mol. The van der Waals surface area contributed by atoms with Gasteiger partial charge in [0.1, 0.15) is 17.2 Å². The van der Waals surface area contributed by atoms with Crippen molar-refractivity contribution in [3.8, 4) is 11.5 Å². The van der Waals surface area contributed by atoms with Crippen LogP contribution in [0.15, 0.2) is 64.5 Å². The third-order valence-electron chi connectivity index (χ3n) is 4.03. The number of hydrogen-bond acceptors (Lipinski definition) is 5. The number of fused-ring (bicyclic) bond motifs is 1. The molecule has 26 heavy (non-hydrogen) atoms. The summed E-state index contributed by atoms with van der Waals surface area (Å²) >= 11 is 1.70. The lowest BCUT2D eigenvalue weighted by Gasteiger charge is -2.09. The van der Waals surface area contributed by atoms with Gasteiger partial charge in [-0.3, -0.25) is 4.99 Å². The molecule has 0 heterocycles. The SMILES string of the molecule is CN(C)CCSc1ccc(N=Cc2c(O)ccc3ccccc23)c(O)c1. The van der Waals surface area contributed by atoms with Crippen molar-refractivity contribution in [1.29, 1.82) is 0 Å². The number of aromatic hydroxyl groups is 2. The third-order valence-corrected chi connectivity index (χ3v) is 5.01. The van der Waals surface area contributed by atoms with E-state index in [1.807, 2.05) is 50.5 Å². The van der Waals surface area contributed by atoms with E-state index < -0.39 is 0 Å². The zero-order chi connectivity index (χ0) is 18.5. The molecule has 0 atom stereocenters. The number of nitrogens with zero attached hydrogens (tertiary/aromatic N) is 2. The molecule has 0 aromatic heterocycles. The summed E-state index contributed by atoms with van der Waals surface area (Å²) in [4.78, 5) is 7.52. The Morgan fingerprint density at radius 2 is 1.81 bits per heavy atom. The van der Waals surface area contributed by atoms with Gasteiger partial charge in [-0.25, -0.2) is 0 Å². The number of aliphatic imine (C=N–C) groups is 1. The fourth-order valence-electron chi connectivity index (χ4n) is 2.60. The van der Waals surface area contributed by atoms with Crippen molar-refractivity contribution in [2.45, 2.75) is 4.90 Å². The van der Waals surface area contributed by atoms with Crippen LogP contribution < -0.4 is 0 Å². The molecule has 134 valence electrons. The van der Waals surface area contributed by atoms with E-state index in [2.05, 4.69) is 9.89 Å². The predicted molar refractivity (Wildman–Crippen MR) is 110 cm³/mol. The van der Waals surface area contributed by atoms with Gasteiger partial charge in [-0.2, -0.15) is 0 Å². The molecule has 0 amide bonds. The minimum absolute atomic E-state index is 0.135. The van der Waals surface area contributed by atoms with E-state index in [-0.39, 0.29) is 11.5 Å². The van der Waals surface area contributed by atoms with Gasteiger partial charge in [-0.05, 0) is 49.1 Å². The molecule has 3 aromatic carbocycles. The van der Waals surface area contributed by atoms with Gasteiger partial charge in [0.2, 0.25) is 0 Å². The maximum Gasteiger partial charge on any atom is 0.142 e. The standard InChI is InChI=1S/C21H22N2O2S/c1-23(2)11-12-26-16-8-9-19(21(25)13-16)22-14-18-17-6-4-3-5-15(17)7-10-20(18)24/h3-10,13-14,24-25H,11-12H2,1-2H3. The Hall–Kier alpha value is -2.50. The quantitative estimate of drug-likeness (QED) is 0.492. The Bertz CT molecular complexity index is 938. The summed E-state index contributed by atoms with van der Waals surface area (Å²) < 4.78 is 0. The van der Waals surface area contributed by atoms with E-state index in [0.29, 0.717) is 11.3 Å². The average molecular weight is 366 g/mol. The van der Waals surface area contributed by atoms with Gasteiger partial charge in [0.25, 0.3) is 0 Å². The van der Waals surface area contributed by atoms with Crippen molar-refractivity contribution < 1.29 is 10.2 Å². The predicted octanol–water partition coefficient (Wildman–Crippen LogP) is 4.66. The van der Waals surface area contributed by atoms with Crippen LogP contribution in [0.5, 0.6) is 11.5 Å². The largest absolute Gasteiger partial charge is 0.507 e. The first-order valence-electron chi connectivity index (χ1n) is 8.40. The molecule has 0 fully saturated rings. The second kappa shape index (κ2) is 8.25. The summed E-state index contributed by atoms with van der Waals surface area (Å²) in [5.74, 6) is 1.26. The molecule has 2 N–H and O–H groups in total. The number of thioether (sulfide) groups is 1. The first-order valence-corrected chi connectivity index (χ1v) is 9.38. The van der Waals surface area contributed by atoms with E-state index in [0.717, 1.165) is 28.0 Å². The van der Waals surface area contributed by atoms with Crippen molar-refractivity contribution in [2.75, 3.05) is 26.4 Å². The first-order chi connectivity index (χ1) is 12.5. The molecule has 0 aliphatic carbocycles. The lowest BCUT2D eigenvalue weighted by Crippen LogP contribution is -2.14. The number of hydrogen-bond donors (Lipinski definition) is 2. The van der Waals surface area contributed by atoms with Gasteiger partial charge >= 0.3 is 0 Å². The van der Waals surface area contributed by atoms with Crippen LogP contribution >= 0.6 is 11.8 Å². The first kappa shape index (κ1) is 18.3. The molecule has 4 nitrogen and oxygen atoms in total. The molecule has 0 aliphatic heterocycles. The molecule has 0 saturated carbocycles. The third kappa shape index (κ3) is 4.36. The van der Waals surface area contributed by atoms with Gasteiger partial charge in [-0.15, -0.1) is 11.8 Å². The number of phenols is 2. The molecular formula is C21H22N2O2S. The number of benzene rings is 3. The minimum atomic E-state index is 0.135. The maximum atomic E-state index is 10.3. The molecule has 3 rings (SSSR count). The van der Waals surface area contributed by atoms with Crippen LogP contribution in [0.2, 0.25) is 0 Å². The van der Waals surface area contributed by atoms with Crippen molar-refractivity contribution in [2.24, 2.45) is 4.99 Å². The van der Waals surface area contributed by atoms with Crippen LogP contribution in [0.3, 0.4) is 0 Å². The number of phenolic OH excluding ortho intramolecular Hbond substituents is 2. The molecule has 0 saturated heterocycles. The normalized spacial score (nSPS) is 11.7. The lowest BCUT2D eigenvalue weighted by molar-refractivity contribution is 0.437. The average Bonchev–Trinajstić information content (AvgIpc) is 2.62. The summed E-state index contributed by atoms with van der Waals surface area (Å²) in [6, 6.07) is 16.8. The zero-order valence-corrected chi connectivity index (χ0v) is 15.7. The van der Waals surface area contributed by atoms with Crippen LogP contribution in [0, 0.1) is 0 Å². The van der Waals surface area contributed by atoms with Crippen molar-refractivity contribution in [1.82, 2.24) is 4.90 Å². The molecular weight excluding hydrogens is 344 g/mol. The van der Waals surface area contributed by atoms with Gasteiger partial charge < -0.3 is 15.1 Å². The van der Waals surface area contributed by atoms with Crippen LogP contribution in [0.4, 0.5) is 5.69 Å². The van der Waals surface area contributed by atoms with E-state index in [1.54, 1.807) is 36.2 Å². The molecule has 0 bridgehead atoms. The van der Waals surface area contributed by atoms with Gasteiger partial charge in [0.15, 0.2) is 0 Å². The fraction of sp³-hybridized carbons (Fsp3) is 0.190. The van der Waals surface area contributed by atoms with E-state index in [1.165, 1.54) is 0 Å². The summed E-state index contributed by atoms with van der Waals surface area (Å²) in [6.07, 6.45) is 1.60. The van der Waals surface area contributed by atoms with Crippen molar-refractivity contribution in [3.63, 3.8) is 0 Å². The Labute approximate surface area is 157 Å². The molecule has 3 aromatic rings. The van der Waals surface area contributed by atoms with Gasteiger partial charge in [0, 0.05) is 29.0 Å². The number of rotatable bonds is 6. The summed E-state index contributed by atoms with van der Waals surface area (Å²) in [5.41, 5.74) is 1.13. The second-order valence-corrected chi connectivity index (χ2v) is 7.45. The highest BCUT2D eigenvalue weighted by Crippen LogP contribution is 2.32. The van der Waals surface area contributed by atoms with Crippen LogP contribution in [0.25, 0.3) is 10.8 Å². The Balaban J connectivity index is 1.82. The molecule has 5 heteroatoms. The zero-order valence-electron chi connectivity index (χ0n) is 14.9. The summed E-state index contributed by atoms with van der Waals surface area (Å²) in [5, 5.41) is 22.4. The Morgan fingerprint density at radius 3 is 2.58 bits per heavy atom. The Morgan fingerprint density at radius 1 is 1.00 bits per heavy atom. The second-order valence-electron chi connectivity index (χ2n) is 6.28. The Kier molecular flexibility index (Phi) is 5.81. The summed E-state index contributed by atoms with van der Waals surface area (Å²) in [7, 11) is 4.08. The minimum Gasteiger partial charge on any atom is -0.507 e. The maximum absolute atomic E-state index is 10.3.